The molecule has 3 aromatic heterocycles. The molecule has 3 heterocycles. The molecule has 0 radical (unpaired) electrons. The van der Waals surface area contributed by atoms with E-state index in [0.29, 0.717) is 12.4 Å². The van der Waals surface area contributed by atoms with Crippen LogP contribution in [0.2, 0.25) is 0 Å². The first-order chi connectivity index (χ1) is 11.8. The molecule has 0 bridgehead atoms. The Morgan fingerprint density at radius 1 is 1.08 bits per heavy atom. The van der Waals surface area contributed by atoms with E-state index < -0.39 is 0 Å². The molecule has 7 heteroatoms. The maximum Gasteiger partial charge on any atom is 0.126 e. The fraction of sp³-hybridized carbons (Fsp3) is 0.0588. The number of nitrogens with two attached hydrogens (primary N) is 1. The number of benzene rings is 1. The third-order valence-corrected chi connectivity index (χ3v) is 3.73. The molecule has 0 aliphatic heterocycles. The number of hydrogen-bond acceptors (Lipinski definition) is 6. The van der Waals surface area contributed by atoms with E-state index in [0.717, 1.165) is 33.5 Å². The van der Waals surface area contributed by atoms with E-state index in [-0.39, 0.29) is 0 Å². The molecule has 0 aliphatic rings. The predicted molar refractivity (Wildman–Crippen MR) is 93.1 cm³/mol. The highest BCUT2D eigenvalue weighted by Gasteiger charge is 2.07. The minimum absolute atomic E-state index is 0.464. The normalized spacial score (nSPS) is 10.8. The zero-order valence-electron chi connectivity index (χ0n) is 12.8. The largest absolute Gasteiger partial charge is 0.384 e. The fourth-order valence-corrected chi connectivity index (χ4v) is 2.59. The standard InChI is InChI=1S/C17H15N7/c18-17-9-15(19-10-12-2-1-6-20-23-12)13-4-3-11(8-16(13)22-17)14-5-7-21-24-14/h1-9H,10H2,(H,21,24)(H3,18,19,22). The van der Waals surface area contributed by atoms with E-state index in [1.165, 1.54) is 0 Å². The van der Waals surface area contributed by atoms with Crippen molar-refractivity contribution in [2.24, 2.45) is 0 Å². The molecule has 4 aromatic rings. The molecule has 0 fully saturated rings. The van der Waals surface area contributed by atoms with Gasteiger partial charge >= 0.3 is 0 Å². The van der Waals surface area contributed by atoms with Crippen LogP contribution in [0, 0.1) is 0 Å². The van der Waals surface area contributed by atoms with Crippen LogP contribution in [0.3, 0.4) is 0 Å². The summed E-state index contributed by atoms with van der Waals surface area (Å²) in [4.78, 5) is 4.44. The highest BCUT2D eigenvalue weighted by molar-refractivity contribution is 5.95. The molecule has 0 aliphatic carbocycles. The molecule has 118 valence electrons. The number of nitrogens with one attached hydrogen (secondary N) is 2. The number of nitrogen functional groups attached to an aromatic ring is 1. The van der Waals surface area contributed by atoms with Crippen molar-refractivity contribution in [2.75, 3.05) is 11.1 Å². The summed E-state index contributed by atoms with van der Waals surface area (Å²) in [6, 6.07) is 13.6. The average Bonchev–Trinajstić information content (AvgIpc) is 3.14. The number of pyridine rings is 1. The lowest BCUT2D eigenvalue weighted by Crippen LogP contribution is -2.04. The summed E-state index contributed by atoms with van der Waals surface area (Å²) in [6.45, 7) is 0.564. The Morgan fingerprint density at radius 3 is 2.83 bits per heavy atom. The van der Waals surface area contributed by atoms with Gasteiger partial charge in [-0.3, -0.25) is 5.10 Å². The van der Waals surface area contributed by atoms with E-state index in [1.807, 2.05) is 42.5 Å². The minimum atomic E-state index is 0.464. The van der Waals surface area contributed by atoms with Crippen LogP contribution in [-0.2, 0) is 6.54 Å². The monoisotopic (exact) mass is 317 g/mol. The molecule has 4 rings (SSSR count). The SMILES string of the molecule is Nc1cc(NCc2cccnn2)c2ccc(-c3ccn[nH]3)cc2n1. The summed E-state index contributed by atoms with van der Waals surface area (Å²) in [5.74, 6) is 0.464. The Balaban J connectivity index is 1.70. The van der Waals surface area contributed by atoms with Gasteiger partial charge in [-0.05, 0) is 24.3 Å². The second-order valence-electron chi connectivity index (χ2n) is 5.37. The summed E-state index contributed by atoms with van der Waals surface area (Å²) in [7, 11) is 0. The second kappa shape index (κ2) is 5.96. The van der Waals surface area contributed by atoms with Crippen LogP contribution < -0.4 is 11.1 Å². The van der Waals surface area contributed by atoms with Gasteiger partial charge in [-0.25, -0.2) is 4.98 Å². The van der Waals surface area contributed by atoms with Crippen molar-refractivity contribution < 1.29 is 0 Å². The Kier molecular flexibility index (Phi) is 3.51. The smallest absolute Gasteiger partial charge is 0.126 e. The average molecular weight is 317 g/mol. The molecular formula is C17H15N7. The first kappa shape index (κ1) is 14.1. The molecule has 0 amide bonds. The van der Waals surface area contributed by atoms with E-state index in [9.17, 15) is 0 Å². The molecule has 24 heavy (non-hydrogen) atoms. The summed E-state index contributed by atoms with van der Waals surface area (Å²) < 4.78 is 0. The van der Waals surface area contributed by atoms with Gasteiger partial charge in [0.25, 0.3) is 0 Å². The number of aromatic nitrogens is 5. The van der Waals surface area contributed by atoms with Crippen LogP contribution in [0.4, 0.5) is 11.5 Å². The number of nitrogens with zero attached hydrogens (tertiary/aromatic N) is 4. The van der Waals surface area contributed by atoms with Crippen LogP contribution in [0.15, 0.2) is 54.9 Å². The molecule has 0 saturated carbocycles. The van der Waals surface area contributed by atoms with Gasteiger partial charge in [0.2, 0.25) is 0 Å². The van der Waals surface area contributed by atoms with Crippen LogP contribution in [-0.4, -0.2) is 25.4 Å². The zero-order valence-corrected chi connectivity index (χ0v) is 12.8. The molecule has 4 N–H and O–H groups in total. The summed E-state index contributed by atoms with van der Waals surface area (Å²) in [5.41, 5.74) is 10.5. The second-order valence-corrected chi connectivity index (χ2v) is 5.37. The van der Waals surface area contributed by atoms with Gasteiger partial charge < -0.3 is 11.1 Å². The Labute approximate surface area is 138 Å². The number of hydrogen-bond donors (Lipinski definition) is 3. The molecule has 0 spiro atoms. The maximum atomic E-state index is 5.96. The Hall–Kier alpha value is -3.48. The van der Waals surface area contributed by atoms with Gasteiger partial charge in [0, 0.05) is 35.1 Å². The van der Waals surface area contributed by atoms with Crippen LogP contribution in [0.1, 0.15) is 5.69 Å². The summed E-state index contributed by atoms with van der Waals surface area (Å²) in [6.07, 6.45) is 3.38. The number of aromatic amines is 1. The van der Waals surface area contributed by atoms with Gasteiger partial charge in [-0.2, -0.15) is 15.3 Å². The molecule has 7 nitrogen and oxygen atoms in total. The van der Waals surface area contributed by atoms with E-state index in [4.69, 9.17) is 5.73 Å². The molecular weight excluding hydrogens is 302 g/mol. The van der Waals surface area contributed by atoms with Crippen molar-refractivity contribution in [3.8, 4) is 11.3 Å². The van der Waals surface area contributed by atoms with Crippen LogP contribution in [0.25, 0.3) is 22.2 Å². The Bertz CT molecular complexity index is 965. The topological polar surface area (TPSA) is 105 Å². The van der Waals surface area contributed by atoms with Crippen molar-refractivity contribution in [1.82, 2.24) is 25.4 Å². The predicted octanol–water partition coefficient (Wildman–Crippen LogP) is 2.61. The lowest BCUT2D eigenvalue weighted by Gasteiger charge is -2.11. The van der Waals surface area contributed by atoms with Gasteiger partial charge in [0.1, 0.15) is 5.82 Å². The highest BCUT2D eigenvalue weighted by Crippen LogP contribution is 2.28. The van der Waals surface area contributed by atoms with E-state index >= 15 is 0 Å². The number of fused-ring (bicyclic) bond motifs is 1. The third kappa shape index (κ3) is 2.74. The van der Waals surface area contributed by atoms with Gasteiger partial charge in [-0.15, -0.1) is 0 Å². The van der Waals surface area contributed by atoms with Crippen molar-refractivity contribution in [1.29, 1.82) is 0 Å². The number of anilines is 2. The quantitative estimate of drug-likeness (QED) is 0.534. The van der Waals surface area contributed by atoms with Crippen LogP contribution in [0.5, 0.6) is 0 Å². The fourth-order valence-electron chi connectivity index (χ4n) is 2.59. The van der Waals surface area contributed by atoms with Crippen molar-refractivity contribution in [2.45, 2.75) is 6.54 Å². The molecule has 0 unspecified atom stereocenters. The van der Waals surface area contributed by atoms with E-state index in [1.54, 1.807) is 12.4 Å². The van der Waals surface area contributed by atoms with Crippen molar-refractivity contribution >= 4 is 22.4 Å². The van der Waals surface area contributed by atoms with Gasteiger partial charge in [0.15, 0.2) is 0 Å². The lowest BCUT2D eigenvalue weighted by atomic mass is 10.1. The van der Waals surface area contributed by atoms with Crippen LogP contribution >= 0.6 is 0 Å². The number of H-pyrrole nitrogens is 1. The first-order valence-electron chi connectivity index (χ1n) is 7.50. The summed E-state index contributed by atoms with van der Waals surface area (Å²) in [5, 5.41) is 19.2. The minimum Gasteiger partial charge on any atom is -0.384 e. The zero-order chi connectivity index (χ0) is 16.4. The molecule has 0 saturated heterocycles. The highest BCUT2D eigenvalue weighted by atomic mass is 15.1. The van der Waals surface area contributed by atoms with Gasteiger partial charge in [0.05, 0.1) is 23.4 Å². The lowest BCUT2D eigenvalue weighted by molar-refractivity contribution is 0.925. The third-order valence-electron chi connectivity index (χ3n) is 3.73. The maximum absolute atomic E-state index is 5.96. The molecule has 1 aromatic carbocycles. The first-order valence-corrected chi connectivity index (χ1v) is 7.50. The summed E-state index contributed by atoms with van der Waals surface area (Å²) >= 11 is 0. The van der Waals surface area contributed by atoms with Gasteiger partial charge in [-0.1, -0.05) is 12.1 Å². The van der Waals surface area contributed by atoms with Crippen molar-refractivity contribution in [3.05, 3.63) is 60.6 Å². The Morgan fingerprint density at radius 2 is 2.04 bits per heavy atom. The van der Waals surface area contributed by atoms with E-state index in [2.05, 4.69) is 30.7 Å². The molecule has 0 atom stereocenters. The van der Waals surface area contributed by atoms with Crippen molar-refractivity contribution in [3.63, 3.8) is 0 Å². The number of rotatable bonds is 4.